The zero-order valence-electron chi connectivity index (χ0n) is 17.9. The topological polar surface area (TPSA) is 56.5 Å². The average molecular weight is 359 g/mol. The molecule has 0 heterocycles. The fourth-order valence-electron chi connectivity index (χ4n) is 3.46. The minimum absolute atomic E-state index is 0.274. The van der Waals surface area contributed by atoms with Gasteiger partial charge in [-0.15, -0.1) is 0 Å². The molecule has 0 aromatic heterocycles. The average Bonchev–Trinajstić information content (AvgIpc) is 2.54. The summed E-state index contributed by atoms with van der Waals surface area (Å²) in [6.45, 7) is 19.5. The van der Waals surface area contributed by atoms with Crippen molar-refractivity contribution in [3.8, 4) is 0 Å². The van der Waals surface area contributed by atoms with Gasteiger partial charge < -0.3 is 20.5 Å². The molecule has 0 saturated carbocycles. The monoisotopic (exact) mass is 358 g/mol. The minimum atomic E-state index is 0.274. The maximum absolute atomic E-state index is 6.11. The lowest BCUT2D eigenvalue weighted by Crippen LogP contribution is -2.27. The first kappa shape index (κ1) is 24.8. The third kappa shape index (κ3) is 14.7. The number of ether oxygens (including phenoxy) is 2. The molecule has 0 aliphatic carbocycles. The minimum Gasteiger partial charge on any atom is -0.381 e. The van der Waals surface area contributed by atoms with Crippen molar-refractivity contribution in [3.05, 3.63) is 0 Å². The molecule has 0 spiro atoms. The number of nitrogens with two attached hydrogens (primary N) is 1. The lowest BCUT2D eigenvalue weighted by atomic mass is 9.85. The van der Waals surface area contributed by atoms with Gasteiger partial charge in [-0.05, 0) is 36.0 Å². The highest BCUT2D eigenvalue weighted by atomic mass is 16.5. The summed E-state index contributed by atoms with van der Waals surface area (Å²) < 4.78 is 11.9. The van der Waals surface area contributed by atoms with Crippen molar-refractivity contribution in [2.24, 2.45) is 28.9 Å². The summed E-state index contributed by atoms with van der Waals surface area (Å²) >= 11 is 0. The van der Waals surface area contributed by atoms with Crippen LogP contribution >= 0.6 is 0 Å². The molecular weight excluding hydrogens is 312 g/mol. The zero-order chi connectivity index (χ0) is 19.1. The van der Waals surface area contributed by atoms with E-state index in [1.807, 2.05) is 0 Å². The molecule has 0 aromatic rings. The Morgan fingerprint density at radius 3 is 2.08 bits per heavy atom. The smallest absolute Gasteiger partial charge is 0.0591 e. The summed E-state index contributed by atoms with van der Waals surface area (Å²) in [4.78, 5) is 0. The van der Waals surface area contributed by atoms with Crippen LogP contribution in [0.3, 0.4) is 0 Å². The third-order valence-corrected chi connectivity index (χ3v) is 4.73. The van der Waals surface area contributed by atoms with Gasteiger partial charge in [-0.3, -0.25) is 0 Å². The van der Waals surface area contributed by atoms with Crippen LogP contribution in [0.5, 0.6) is 0 Å². The van der Waals surface area contributed by atoms with E-state index in [-0.39, 0.29) is 5.41 Å². The standard InChI is InChI=1S/C21H46N2O2/c1-7-19(15-24-12-11-23-10-9-22)13-20(8-2)16-25-17-21(5,6)14-18(3)4/h18-20,23H,7-17,22H2,1-6H3. The summed E-state index contributed by atoms with van der Waals surface area (Å²) in [7, 11) is 0. The molecule has 3 N–H and O–H groups in total. The summed E-state index contributed by atoms with van der Waals surface area (Å²) in [5.74, 6) is 1.99. The van der Waals surface area contributed by atoms with Crippen LogP contribution in [0, 0.1) is 23.2 Å². The first-order valence-corrected chi connectivity index (χ1v) is 10.4. The Bertz CT molecular complexity index is 296. The van der Waals surface area contributed by atoms with Crippen molar-refractivity contribution in [3.63, 3.8) is 0 Å². The Labute approximate surface area is 157 Å². The Morgan fingerprint density at radius 2 is 1.56 bits per heavy atom. The highest BCUT2D eigenvalue weighted by Crippen LogP contribution is 2.26. The molecule has 0 radical (unpaired) electrons. The number of hydrogen-bond acceptors (Lipinski definition) is 4. The van der Waals surface area contributed by atoms with Gasteiger partial charge >= 0.3 is 0 Å². The molecule has 0 aliphatic heterocycles. The maximum Gasteiger partial charge on any atom is 0.0591 e. The predicted molar refractivity (Wildman–Crippen MR) is 109 cm³/mol. The molecule has 0 fully saturated rings. The Balaban J connectivity index is 4.01. The molecule has 2 atom stereocenters. The van der Waals surface area contributed by atoms with E-state index in [2.05, 4.69) is 46.9 Å². The van der Waals surface area contributed by atoms with Crippen LogP contribution in [0.25, 0.3) is 0 Å². The molecule has 25 heavy (non-hydrogen) atoms. The van der Waals surface area contributed by atoms with Crippen LogP contribution in [-0.2, 0) is 9.47 Å². The van der Waals surface area contributed by atoms with Gasteiger partial charge in [0.25, 0.3) is 0 Å². The second kappa shape index (κ2) is 15.0. The van der Waals surface area contributed by atoms with Crippen LogP contribution in [0.4, 0.5) is 0 Å². The van der Waals surface area contributed by atoms with Gasteiger partial charge in [-0.1, -0.05) is 54.4 Å². The van der Waals surface area contributed by atoms with E-state index >= 15 is 0 Å². The van der Waals surface area contributed by atoms with Crippen molar-refractivity contribution >= 4 is 0 Å². The van der Waals surface area contributed by atoms with Crippen LogP contribution in [0.1, 0.15) is 67.2 Å². The van der Waals surface area contributed by atoms with Gasteiger partial charge in [0.05, 0.1) is 13.2 Å². The Hall–Kier alpha value is -0.160. The predicted octanol–water partition coefficient (Wildman–Crippen LogP) is 4.08. The zero-order valence-corrected chi connectivity index (χ0v) is 17.9. The molecule has 0 bridgehead atoms. The van der Waals surface area contributed by atoms with Crippen molar-refractivity contribution in [2.45, 2.75) is 67.2 Å². The van der Waals surface area contributed by atoms with E-state index in [4.69, 9.17) is 15.2 Å². The number of nitrogens with one attached hydrogen (secondary N) is 1. The van der Waals surface area contributed by atoms with E-state index in [0.717, 1.165) is 45.4 Å². The summed E-state index contributed by atoms with van der Waals surface area (Å²) in [5.41, 5.74) is 5.73. The fourth-order valence-corrected chi connectivity index (χ4v) is 3.46. The van der Waals surface area contributed by atoms with Crippen LogP contribution < -0.4 is 11.1 Å². The van der Waals surface area contributed by atoms with Crippen LogP contribution in [-0.4, -0.2) is 46.1 Å². The molecule has 0 aromatic carbocycles. The Kier molecular flexibility index (Phi) is 14.9. The molecule has 0 rings (SSSR count). The number of hydrogen-bond donors (Lipinski definition) is 2. The molecule has 4 nitrogen and oxygen atoms in total. The summed E-state index contributed by atoms with van der Waals surface area (Å²) in [6, 6.07) is 0. The fraction of sp³-hybridized carbons (Fsp3) is 1.00. The van der Waals surface area contributed by atoms with Crippen molar-refractivity contribution < 1.29 is 9.47 Å². The van der Waals surface area contributed by atoms with Gasteiger partial charge in [0, 0.05) is 32.8 Å². The van der Waals surface area contributed by atoms with Gasteiger partial charge in [0.2, 0.25) is 0 Å². The van der Waals surface area contributed by atoms with E-state index in [0.29, 0.717) is 18.4 Å². The van der Waals surface area contributed by atoms with Gasteiger partial charge in [0.15, 0.2) is 0 Å². The second-order valence-corrected chi connectivity index (χ2v) is 8.68. The third-order valence-electron chi connectivity index (χ3n) is 4.73. The van der Waals surface area contributed by atoms with Crippen molar-refractivity contribution in [2.75, 3.05) is 46.1 Å². The van der Waals surface area contributed by atoms with E-state index in [1.54, 1.807) is 0 Å². The normalized spacial score (nSPS) is 14.9. The van der Waals surface area contributed by atoms with Gasteiger partial charge in [0.1, 0.15) is 0 Å². The lowest BCUT2D eigenvalue weighted by Gasteiger charge is -2.28. The molecule has 152 valence electrons. The first-order valence-electron chi connectivity index (χ1n) is 10.4. The SMILES string of the molecule is CCC(COCCNCCN)CC(CC)COCC(C)(C)CC(C)C. The number of rotatable bonds is 17. The van der Waals surface area contributed by atoms with E-state index in [9.17, 15) is 0 Å². The van der Waals surface area contributed by atoms with Gasteiger partial charge in [-0.2, -0.15) is 0 Å². The lowest BCUT2D eigenvalue weighted by molar-refractivity contribution is 0.0195. The summed E-state index contributed by atoms with van der Waals surface area (Å²) in [5, 5.41) is 3.26. The molecule has 0 saturated heterocycles. The molecule has 0 aliphatic rings. The van der Waals surface area contributed by atoms with E-state index in [1.165, 1.54) is 25.7 Å². The molecular formula is C21H46N2O2. The van der Waals surface area contributed by atoms with E-state index < -0.39 is 0 Å². The molecule has 2 unspecified atom stereocenters. The first-order chi connectivity index (χ1) is 11.8. The van der Waals surface area contributed by atoms with Crippen LogP contribution in [0.2, 0.25) is 0 Å². The summed E-state index contributed by atoms with van der Waals surface area (Å²) in [6.07, 6.45) is 4.77. The Morgan fingerprint density at radius 1 is 0.960 bits per heavy atom. The van der Waals surface area contributed by atoms with Crippen LogP contribution in [0.15, 0.2) is 0 Å². The largest absolute Gasteiger partial charge is 0.381 e. The molecule has 4 heteroatoms. The highest BCUT2D eigenvalue weighted by molar-refractivity contribution is 4.71. The second-order valence-electron chi connectivity index (χ2n) is 8.68. The highest BCUT2D eigenvalue weighted by Gasteiger charge is 2.21. The van der Waals surface area contributed by atoms with Crippen molar-refractivity contribution in [1.82, 2.24) is 5.32 Å². The maximum atomic E-state index is 6.11. The van der Waals surface area contributed by atoms with Gasteiger partial charge in [-0.25, -0.2) is 0 Å². The molecule has 0 amide bonds. The quantitative estimate of drug-likeness (QED) is 0.385. The van der Waals surface area contributed by atoms with Crippen molar-refractivity contribution in [1.29, 1.82) is 0 Å².